The molecule has 3 rings (SSSR count). The molecular weight excluding hydrogens is 366 g/mol. The Bertz CT molecular complexity index is 1000. The summed E-state index contributed by atoms with van der Waals surface area (Å²) in [6, 6.07) is 12.4. The smallest absolute Gasteiger partial charge is 0.274 e. The molecule has 2 N–H and O–H groups in total. The van der Waals surface area contributed by atoms with Gasteiger partial charge in [0.1, 0.15) is 0 Å². The van der Waals surface area contributed by atoms with Crippen molar-refractivity contribution in [2.24, 2.45) is 0 Å². The molecule has 0 unspecified atom stereocenters. The molecule has 138 valence electrons. The molecule has 1 heterocycles. The number of nitro groups is 1. The van der Waals surface area contributed by atoms with Crippen LogP contribution in [-0.2, 0) is 4.79 Å². The summed E-state index contributed by atoms with van der Waals surface area (Å²) in [5.74, 6) is 0.433. The number of carbonyl (C=O) groups is 1. The molecule has 27 heavy (non-hydrogen) atoms. The number of rotatable bonds is 6. The van der Waals surface area contributed by atoms with E-state index in [4.69, 9.17) is 0 Å². The van der Waals surface area contributed by atoms with Gasteiger partial charge in [0.25, 0.3) is 5.69 Å². The van der Waals surface area contributed by atoms with Gasteiger partial charge in [-0.15, -0.1) is 5.10 Å². The molecule has 0 fully saturated rings. The van der Waals surface area contributed by atoms with Gasteiger partial charge in [-0.05, 0) is 26.0 Å². The summed E-state index contributed by atoms with van der Waals surface area (Å²) >= 11 is 1.18. The third kappa shape index (κ3) is 4.70. The zero-order valence-corrected chi connectivity index (χ0v) is 15.5. The third-order valence-electron chi connectivity index (χ3n) is 3.78. The minimum Gasteiger partial charge on any atom is -0.325 e. The van der Waals surface area contributed by atoms with E-state index in [2.05, 4.69) is 20.5 Å². The minimum absolute atomic E-state index is 0.0304. The summed E-state index contributed by atoms with van der Waals surface area (Å²) in [6.07, 6.45) is 0. The molecule has 1 aromatic heterocycles. The van der Waals surface area contributed by atoms with Crippen molar-refractivity contribution in [1.29, 1.82) is 0 Å². The Labute approximate surface area is 159 Å². The Kier molecular flexibility index (Phi) is 5.51. The molecule has 9 heteroatoms. The molecule has 0 spiro atoms. The third-order valence-corrected chi connectivity index (χ3v) is 4.63. The van der Waals surface area contributed by atoms with Gasteiger partial charge in [0.05, 0.1) is 10.7 Å². The van der Waals surface area contributed by atoms with Crippen LogP contribution in [0.3, 0.4) is 0 Å². The Hall–Kier alpha value is -3.20. The number of amides is 1. The van der Waals surface area contributed by atoms with Crippen molar-refractivity contribution in [3.63, 3.8) is 0 Å². The zero-order valence-electron chi connectivity index (χ0n) is 14.7. The molecule has 0 radical (unpaired) electrons. The Morgan fingerprint density at radius 2 is 2.07 bits per heavy atom. The molecule has 0 atom stereocenters. The normalized spacial score (nSPS) is 10.6. The number of aromatic nitrogens is 3. The number of benzene rings is 2. The predicted octanol–water partition coefficient (Wildman–Crippen LogP) is 3.73. The number of H-pyrrole nitrogens is 1. The lowest BCUT2D eigenvalue weighted by molar-refractivity contribution is -0.385. The van der Waals surface area contributed by atoms with E-state index in [9.17, 15) is 14.9 Å². The van der Waals surface area contributed by atoms with Crippen molar-refractivity contribution < 1.29 is 9.72 Å². The number of hydrogen-bond donors (Lipinski definition) is 2. The number of aryl methyl sites for hydroxylation is 2. The first-order valence-electron chi connectivity index (χ1n) is 8.09. The Balaban J connectivity index is 1.60. The van der Waals surface area contributed by atoms with Crippen LogP contribution in [0.25, 0.3) is 11.4 Å². The average Bonchev–Trinajstić information content (AvgIpc) is 3.10. The second kappa shape index (κ2) is 8.00. The summed E-state index contributed by atoms with van der Waals surface area (Å²) in [5, 5.41) is 21.1. The highest BCUT2D eigenvalue weighted by Crippen LogP contribution is 2.23. The Morgan fingerprint density at radius 1 is 1.26 bits per heavy atom. The van der Waals surface area contributed by atoms with Crippen molar-refractivity contribution in [2.45, 2.75) is 19.0 Å². The van der Waals surface area contributed by atoms with Crippen LogP contribution in [0.1, 0.15) is 11.1 Å². The highest BCUT2D eigenvalue weighted by atomic mass is 32.2. The fraction of sp³-hybridized carbons (Fsp3) is 0.167. The number of nitrogens with one attached hydrogen (secondary N) is 2. The summed E-state index contributed by atoms with van der Waals surface area (Å²) in [7, 11) is 0. The number of anilines is 1. The lowest BCUT2D eigenvalue weighted by Gasteiger charge is -2.05. The standard InChI is InChI=1S/C18H17N5O3S/c1-11-4-3-5-13(8-11)17-20-18(22-21-17)27-10-16(24)19-14-7-6-12(2)15(9-14)23(25)26/h3-9H,10H2,1-2H3,(H,19,24)(H,20,21,22). The van der Waals surface area contributed by atoms with Gasteiger partial charge in [-0.3, -0.25) is 20.0 Å². The molecule has 8 nitrogen and oxygen atoms in total. The monoisotopic (exact) mass is 383 g/mol. The summed E-state index contributed by atoms with van der Waals surface area (Å²) < 4.78 is 0. The Morgan fingerprint density at radius 3 is 2.81 bits per heavy atom. The van der Waals surface area contributed by atoms with Crippen LogP contribution in [0.2, 0.25) is 0 Å². The largest absolute Gasteiger partial charge is 0.325 e. The van der Waals surface area contributed by atoms with E-state index in [0.29, 0.717) is 22.2 Å². The first-order valence-corrected chi connectivity index (χ1v) is 9.08. The van der Waals surface area contributed by atoms with Gasteiger partial charge in [-0.2, -0.15) is 0 Å². The quantitative estimate of drug-likeness (QED) is 0.381. The van der Waals surface area contributed by atoms with Crippen LogP contribution in [0.4, 0.5) is 11.4 Å². The number of aromatic amines is 1. The van der Waals surface area contributed by atoms with Crippen LogP contribution in [0, 0.1) is 24.0 Å². The van der Waals surface area contributed by atoms with E-state index >= 15 is 0 Å². The summed E-state index contributed by atoms with van der Waals surface area (Å²) in [6.45, 7) is 3.64. The van der Waals surface area contributed by atoms with Crippen molar-refractivity contribution >= 4 is 29.0 Å². The predicted molar refractivity (Wildman–Crippen MR) is 104 cm³/mol. The summed E-state index contributed by atoms with van der Waals surface area (Å²) in [5.41, 5.74) is 2.93. The highest BCUT2D eigenvalue weighted by Gasteiger charge is 2.13. The van der Waals surface area contributed by atoms with Gasteiger partial charge in [0.15, 0.2) is 5.82 Å². The topological polar surface area (TPSA) is 114 Å². The van der Waals surface area contributed by atoms with Gasteiger partial charge in [-0.25, -0.2) is 4.98 Å². The summed E-state index contributed by atoms with van der Waals surface area (Å²) in [4.78, 5) is 27.0. The molecular formula is C18H17N5O3S. The van der Waals surface area contributed by atoms with E-state index in [1.807, 2.05) is 31.2 Å². The number of nitro benzene ring substituents is 1. The second-order valence-corrected chi connectivity index (χ2v) is 6.87. The van der Waals surface area contributed by atoms with Gasteiger partial charge in [-0.1, -0.05) is 41.6 Å². The maximum absolute atomic E-state index is 12.1. The maximum Gasteiger partial charge on any atom is 0.274 e. The van der Waals surface area contributed by atoms with Crippen LogP contribution >= 0.6 is 11.8 Å². The molecule has 0 saturated carbocycles. The van der Waals surface area contributed by atoms with E-state index < -0.39 is 4.92 Å². The van der Waals surface area contributed by atoms with E-state index in [1.165, 1.54) is 17.8 Å². The lowest BCUT2D eigenvalue weighted by atomic mass is 10.1. The SMILES string of the molecule is Cc1cccc(-c2nc(SCC(=O)Nc3ccc(C)c([N+](=O)[O-])c3)n[nH]2)c1. The number of hydrogen-bond acceptors (Lipinski definition) is 6. The first-order chi connectivity index (χ1) is 12.9. The number of carbonyl (C=O) groups excluding carboxylic acids is 1. The second-order valence-electron chi connectivity index (χ2n) is 5.93. The van der Waals surface area contributed by atoms with Gasteiger partial charge in [0.2, 0.25) is 11.1 Å². The van der Waals surface area contributed by atoms with E-state index in [0.717, 1.165) is 11.1 Å². The molecule has 3 aromatic rings. The number of nitrogens with zero attached hydrogens (tertiary/aromatic N) is 3. The van der Waals surface area contributed by atoms with E-state index in [-0.39, 0.29) is 17.3 Å². The van der Waals surface area contributed by atoms with Gasteiger partial charge < -0.3 is 5.32 Å². The molecule has 0 saturated heterocycles. The fourth-order valence-corrected chi connectivity index (χ4v) is 3.04. The molecule has 2 aromatic carbocycles. The minimum atomic E-state index is -0.472. The van der Waals surface area contributed by atoms with Crippen molar-refractivity contribution in [3.8, 4) is 11.4 Å². The van der Waals surface area contributed by atoms with Crippen molar-refractivity contribution in [2.75, 3.05) is 11.1 Å². The van der Waals surface area contributed by atoms with Crippen LogP contribution in [0.5, 0.6) is 0 Å². The van der Waals surface area contributed by atoms with Crippen LogP contribution < -0.4 is 5.32 Å². The van der Waals surface area contributed by atoms with Crippen molar-refractivity contribution in [3.05, 3.63) is 63.7 Å². The number of thioether (sulfide) groups is 1. The average molecular weight is 383 g/mol. The zero-order chi connectivity index (χ0) is 19.4. The molecule has 1 amide bonds. The first kappa shape index (κ1) is 18.6. The van der Waals surface area contributed by atoms with Crippen LogP contribution in [-0.4, -0.2) is 31.8 Å². The lowest BCUT2D eigenvalue weighted by Crippen LogP contribution is -2.14. The van der Waals surface area contributed by atoms with Crippen LogP contribution in [0.15, 0.2) is 47.6 Å². The van der Waals surface area contributed by atoms with Gasteiger partial charge in [0, 0.05) is 22.9 Å². The molecule has 0 bridgehead atoms. The van der Waals surface area contributed by atoms with Gasteiger partial charge >= 0.3 is 0 Å². The molecule has 0 aliphatic rings. The molecule has 0 aliphatic heterocycles. The maximum atomic E-state index is 12.1. The van der Waals surface area contributed by atoms with Crippen molar-refractivity contribution in [1.82, 2.24) is 15.2 Å². The highest BCUT2D eigenvalue weighted by molar-refractivity contribution is 7.99. The van der Waals surface area contributed by atoms with E-state index in [1.54, 1.807) is 19.1 Å². The molecule has 0 aliphatic carbocycles. The fourth-order valence-electron chi connectivity index (χ4n) is 2.44.